The number of nitrogens with one attached hydrogen (secondary N) is 1. The zero-order chi connectivity index (χ0) is 14.5. The maximum atomic E-state index is 13.4. The van der Waals surface area contributed by atoms with Crippen LogP contribution in [0.4, 0.5) is 14.5 Å². The second kappa shape index (κ2) is 5.98. The number of carbonyl (C=O) groups is 1. The zero-order valence-corrected chi connectivity index (χ0v) is 10.5. The first-order valence-corrected chi connectivity index (χ1v) is 5.89. The third-order valence-electron chi connectivity index (χ3n) is 2.71. The van der Waals surface area contributed by atoms with Crippen LogP contribution in [0.5, 0.6) is 0 Å². The molecule has 0 aliphatic heterocycles. The lowest BCUT2D eigenvalue weighted by atomic mass is 10.1. The van der Waals surface area contributed by atoms with E-state index < -0.39 is 17.5 Å². The summed E-state index contributed by atoms with van der Waals surface area (Å²) in [5.41, 5.74) is 0.847. The summed E-state index contributed by atoms with van der Waals surface area (Å²) in [5.74, 6) is 0.449. The molecular formula is C16H11F2NO. The lowest BCUT2D eigenvalue weighted by Gasteiger charge is -2.07. The van der Waals surface area contributed by atoms with Crippen LogP contribution in [0.25, 0.3) is 0 Å². The Bertz CT molecular complexity index is 669. The Kier molecular flexibility index (Phi) is 4.11. The fourth-order valence-electron chi connectivity index (χ4n) is 1.75. The molecule has 20 heavy (non-hydrogen) atoms. The van der Waals surface area contributed by atoms with Crippen LogP contribution in [-0.2, 0) is 11.2 Å². The summed E-state index contributed by atoms with van der Waals surface area (Å²) in [5, 5.41) is 2.55. The highest BCUT2D eigenvalue weighted by atomic mass is 19.1. The number of benzene rings is 2. The minimum atomic E-state index is -0.738. The van der Waals surface area contributed by atoms with Crippen LogP contribution in [0.1, 0.15) is 11.1 Å². The molecule has 0 saturated heterocycles. The first kappa shape index (κ1) is 13.8. The van der Waals surface area contributed by atoms with Gasteiger partial charge in [-0.2, -0.15) is 0 Å². The number of amides is 1. The van der Waals surface area contributed by atoms with Crippen LogP contribution in [0.15, 0.2) is 42.5 Å². The highest BCUT2D eigenvalue weighted by Gasteiger charge is 2.13. The third kappa shape index (κ3) is 3.21. The van der Waals surface area contributed by atoms with E-state index in [1.54, 1.807) is 24.3 Å². The molecule has 1 N–H and O–H groups in total. The van der Waals surface area contributed by atoms with Crippen molar-refractivity contribution in [3.63, 3.8) is 0 Å². The Labute approximate surface area is 115 Å². The number of halogens is 2. The molecule has 0 aliphatic rings. The molecule has 0 saturated carbocycles. The van der Waals surface area contributed by atoms with E-state index >= 15 is 0 Å². The minimum absolute atomic E-state index is 0.252. The Morgan fingerprint density at radius 3 is 2.45 bits per heavy atom. The SMILES string of the molecule is C#Cc1cccc(NC(=O)Cc2c(F)cccc2F)c1. The Balaban J connectivity index is 2.11. The van der Waals surface area contributed by atoms with Crippen molar-refractivity contribution in [2.45, 2.75) is 6.42 Å². The minimum Gasteiger partial charge on any atom is -0.326 e. The largest absolute Gasteiger partial charge is 0.326 e. The molecule has 1 amide bonds. The highest BCUT2D eigenvalue weighted by molar-refractivity contribution is 5.92. The number of rotatable bonds is 3. The summed E-state index contributed by atoms with van der Waals surface area (Å²) in [6.07, 6.45) is 4.87. The normalized spacial score (nSPS) is 9.85. The molecule has 0 aliphatic carbocycles. The highest BCUT2D eigenvalue weighted by Crippen LogP contribution is 2.15. The molecule has 0 heterocycles. The van der Waals surface area contributed by atoms with Gasteiger partial charge in [-0.1, -0.05) is 18.1 Å². The molecule has 4 heteroatoms. The van der Waals surface area contributed by atoms with Gasteiger partial charge in [0.1, 0.15) is 11.6 Å². The smallest absolute Gasteiger partial charge is 0.229 e. The molecule has 2 aromatic rings. The van der Waals surface area contributed by atoms with E-state index in [0.717, 1.165) is 12.1 Å². The molecule has 2 rings (SSSR count). The molecule has 0 aromatic heterocycles. The number of hydrogen-bond acceptors (Lipinski definition) is 1. The predicted molar refractivity (Wildman–Crippen MR) is 73.1 cm³/mol. The Hall–Kier alpha value is -2.67. The van der Waals surface area contributed by atoms with Gasteiger partial charge in [-0.15, -0.1) is 6.42 Å². The molecule has 100 valence electrons. The van der Waals surface area contributed by atoms with Gasteiger partial charge in [-0.05, 0) is 30.3 Å². The van der Waals surface area contributed by atoms with Crippen molar-refractivity contribution in [3.05, 3.63) is 65.2 Å². The van der Waals surface area contributed by atoms with Crippen LogP contribution >= 0.6 is 0 Å². The molecule has 0 spiro atoms. The van der Waals surface area contributed by atoms with Crippen molar-refractivity contribution in [1.82, 2.24) is 0 Å². The van der Waals surface area contributed by atoms with Crippen LogP contribution in [-0.4, -0.2) is 5.91 Å². The zero-order valence-electron chi connectivity index (χ0n) is 10.5. The first-order valence-electron chi connectivity index (χ1n) is 5.89. The molecule has 0 unspecified atom stereocenters. The van der Waals surface area contributed by atoms with Crippen LogP contribution in [0, 0.1) is 24.0 Å². The monoisotopic (exact) mass is 271 g/mol. The Morgan fingerprint density at radius 2 is 1.80 bits per heavy atom. The van der Waals surface area contributed by atoms with Crippen molar-refractivity contribution < 1.29 is 13.6 Å². The molecule has 0 atom stereocenters. The fourth-order valence-corrected chi connectivity index (χ4v) is 1.75. The summed E-state index contributed by atoms with van der Waals surface area (Å²) >= 11 is 0. The van der Waals surface area contributed by atoms with Crippen molar-refractivity contribution in [3.8, 4) is 12.3 Å². The summed E-state index contributed by atoms with van der Waals surface area (Å²) in [6, 6.07) is 10.1. The second-order valence-electron chi connectivity index (χ2n) is 4.15. The van der Waals surface area contributed by atoms with E-state index in [9.17, 15) is 13.6 Å². The van der Waals surface area contributed by atoms with Gasteiger partial charge in [0.15, 0.2) is 0 Å². The summed E-state index contributed by atoms with van der Waals surface area (Å²) in [7, 11) is 0. The molecule has 2 aromatic carbocycles. The number of carbonyl (C=O) groups excluding carboxylic acids is 1. The van der Waals surface area contributed by atoms with Crippen molar-refractivity contribution in [2.24, 2.45) is 0 Å². The van der Waals surface area contributed by atoms with Gasteiger partial charge in [0.2, 0.25) is 5.91 Å². The predicted octanol–water partition coefficient (Wildman–Crippen LogP) is 3.13. The van der Waals surface area contributed by atoms with Crippen LogP contribution in [0.2, 0.25) is 0 Å². The third-order valence-corrected chi connectivity index (χ3v) is 2.71. The van der Waals surface area contributed by atoms with Crippen molar-refractivity contribution >= 4 is 11.6 Å². The maximum Gasteiger partial charge on any atom is 0.229 e. The van der Waals surface area contributed by atoms with Gasteiger partial charge < -0.3 is 5.32 Å². The van der Waals surface area contributed by atoms with Gasteiger partial charge >= 0.3 is 0 Å². The summed E-state index contributed by atoms with van der Waals surface area (Å²) in [6.45, 7) is 0. The number of hydrogen-bond donors (Lipinski definition) is 1. The summed E-state index contributed by atoms with van der Waals surface area (Å²) in [4.78, 5) is 11.8. The first-order chi connectivity index (χ1) is 9.60. The Morgan fingerprint density at radius 1 is 1.15 bits per heavy atom. The van der Waals surface area contributed by atoms with E-state index in [0.29, 0.717) is 11.3 Å². The van der Waals surface area contributed by atoms with E-state index in [2.05, 4.69) is 11.2 Å². The summed E-state index contributed by atoms with van der Waals surface area (Å²) < 4.78 is 26.8. The molecule has 2 nitrogen and oxygen atoms in total. The van der Waals surface area contributed by atoms with Gasteiger partial charge in [0.05, 0.1) is 6.42 Å². The molecule has 0 fully saturated rings. The molecule has 0 radical (unpaired) electrons. The molecule has 0 bridgehead atoms. The van der Waals surface area contributed by atoms with Crippen LogP contribution in [0.3, 0.4) is 0 Å². The lowest BCUT2D eigenvalue weighted by Crippen LogP contribution is -2.16. The number of terminal acetylenes is 1. The van der Waals surface area contributed by atoms with Gasteiger partial charge in [-0.25, -0.2) is 8.78 Å². The van der Waals surface area contributed by atoms with Crippen molar-refractivity contribution in [2.75, 3.05) is 5.32 Å². The van der Waals surface area contributed by atoms with E-state index in [4.69, 9.17) is 6.42 Å². The topological polar surface area (TPSA) is 29.1 Å². The average Bonchev–Trinajstić information content (AvgIpc) is 2.43. The number of anilines is 1. The van der Waals surface area contributed by atoms with Gasteiger partial charge in [0, 0.05) is 16.8 Å². The van der Waals surface area contributed by atoms with Gasteiger partial charge in [0.25, 0.3) is 0 Å². The second-order valence-corrected chi connectivity index (χ2v) is 4.15. The maximum absolute atomic E-state index is 13.4. The van der Waals surface area contributed by atoms with Gasteiger partial charge in [-0.3, -0.25) is 4.79 Å². The van der Waals surface area contributed by atoms with E-state index in [1.165, 1.54) is 6.07 Å². The quantitative estimate of drug-likeness (QED) is 0.854. The van der Waals surface area contributed by atoms with E-state index in [1.807, 2.05) is 0 Å². The lowest BCUT2D eigenvalue weighted by molar-refractivity contribution is -0.115. The van der Waals surface area contributed by atoms with Crippen LogP contribution < -0.4 is 5.32 Å². The fraction of sp³-hybridized carbons (Fsp3) is 0.0625. The van der Waals surface area contributed by atoms with Crippen molar-refractivity contribution in [1.29, 1.82) is 0 Å². The average molecular weight is 271 g/mol. The van der Waals surface area contributed by atoms with E-state index in [-0.39, 0.29) is 12.0 Å². The molecular weight excluding hydrogens is 260 g/mol. The standard InChI is InChI=1S/C16H11F2NO/c1-2-11-5-3-6-12(9-11)19-16(20)10-13-14(17)7-4-8-15(13)18/h1,3-9H,10H2,(H,19,20).